The molecule has 134 valence electrons. The van der Waals surface area contributed by atoms with Crippen LogP contribution < -0.4 is 0 Å². The Bertz CT molecular complexity index is 869. The summed E-state index contributed by atoms with van der Waals surface area (Å²) in [4.78, 5) is 16.1. The van der Waals surface area contributed by atoms with Gasteiger partial charge in [-0.1, -0.05) is 19.1 Å². The molecular formula is C20H21N3O3. The molecule has 2 saturated heterocycles. The van der Waals surface area contributed by atoms with Gasteiger partial charge in [-0.3, -0.25) is 9.80 Å². The number of amides is 1. The van der Waals surface area contributed by atoms with Gasteiger partial charge < -0.3 is 9.15 Å². The van der Waals surface area contributed by atoms with Gasteiger partial charge in [-0.15, -0.1) is 0 Å². The van der Waals surface area contributed by atoms with E-state index in [0.717, 1.165) is 30.8 Å². The number of furan rings is 1. The minimum Gasteiger partial charge on any atom is -0.460 e. The number of piperazine rings is 1. The Morgan fingerprint density at radius 2 is 2.08 bits per heavy atom. The number of ether oxygens (including phenoxy) is 1. The van der Waals surface area contributed by atoms with Crippen molar-refractivity contribution in [3.63, 3.8) is 0 Å². The summed E-state index contributed by atoms with van der Waals surface area (Å²) < 4.78 is 11.3. The average Bonchev–Trinajstić information content (AvgIpc) is 3.27. The van der Waals surface area contributed by atoms with Gasteiger partial charge in [0.15, 0.2) is 0 Å². The average molecular weight is 351 g/mol. The number of nitrogens with zero attached hydrogens (tertiary/aromatic N) is 3. The number of carbonyl (C=O) groups excluding carboxylic acids is 1. The van der Waals surface area contributed by atoms with Crippen molar-refractivity contribution < 1.29 is 13.9 Å². The SMILES string of the molecule is CCC12COC(=O)N1CCN(Cc1ccc(-c3ccccc3C#N)o1)C2. The van der Waals surface area contributed by atoms with E-state index in [4.69, 9.17) is 9.15 Å². The number of cyclic esters (lactones) is 1. The van der Waals surface area contributed by atoms with E-state index in [1.807, 2.05) is 35.2 Å². The van der Waals surface area contributed by atoms with E-state index in [2.05, 4.69) is 17.9 Å². The largest absolute Gasteiger partial charge is 0.460 e. The highest BCUT2D eigenvalue weighted by Gasteiger charge is 2.49. The monoisotopic (exact) mass is 351 g/mol. The Morgan fingerprint density at radius 1 is 1.23 bits per heavy atom. The maximum Gasteiger partial charge on any atom is 0.410 e. The molecule has 1 amide bonds. The predicted molar refractivity (Wildman–Crippen MR) is 95.2 cm³/mol. The molecule has 1 atom stereocenters. The number of nitriles is 1. The number of benzene rings is 1. The van der Waals surface area contributed by atoms with Crippen LogP contribution in [0.3, 0.4) is 0 Å². The van der Waals surface area contributed by atoms with Crippen LogP contribution in [0, 0.1) is 11.3 Å². The first-order chi connectivity index (χ1) is 12.6. The lowest BCUT2D eigenvalue weighted by Crippen LogP contribution is -2.60. The summed E-state index contributed by atoms with van der Waals surface area (Å²) in [5.74, 6) is 1.57. The Hall–Kier alpha value is -2.78. The van der Waals surface area contributed by atoms with Gasteiger partial charge in [-0.05, 0) is 30.7 Å². The maximum absolute atomic E-state index is 11.9. The van der Waals surface area contributed by atoms with E-state index < -0.39 is 0 Å². The number of hydrogen-bond donors (Lipinski definition) is 0. The second-order valence-electron chi connectivity index (χ2n) is 6.92. The molecule has 2 aliphatic rings. The van der Waals surface area contributed by atoms with E-state index in [9.17, 15) is 10.1 Å². The van der Waals surface area contributed by atoms with Crippen LogP contribution in [-0.2, 0) is 11.3 Å². The third kappa shape index (κ3) is 2.74. The lowest BCUT2D eigenvalue weighted by atomic mass is 9.93. The van der Waals surface area contributed by atoms with Gasteiger partial charge in [0.05, 0.1) is 23.7 Å². The molecule has 4 rings (SSSR count). The molecule has 0 N–H and O–H groups in total. The van der Waals surface area contributed by atoms with Crippen LogP contribution in [0.25, 0.3) is 11.3 Å². The number of fused-ring (bicyclic) bond motifs is 1. The van der Waals surface area contributed by atoms with Crippen LogP contribution in [0.5, 0.6) is 0 Å². The number of hydrogen-bond acceptors (Lipinski definition) is 5. The summed E-state index contributed by atoms with van der Waals surface area (Å²) in [5.41, 5.74) is 1.19. The van der Waals surface area contributed by atoms with Gasteiger partial charge in [0.25, 0.3) is 0 Å². The fourth-order valence-corrected chi connectivity index (χ4v) is 3.90. The molecule has 0 aliphatic carbocycles. The van der Waals surface area contributed by atoms with Crippen molar-refractivity contribution in [2.24, 2.45) is 0 Å². The molecule has 3 heterocycles. The molecule has 0 radical (unpaired) electrons. The van der Waals surface area contributed by atoms with Crippen molar-refractivity contribution in [2.75, 3.05) is 26.2 Å². The molecule has 26 heavy (non-hydrogen) atoms. The quantitative estimate of drug-likeness (QED) is 0.846. The maximum atomic E-state index is 11.9. The zero-order valence-corrected chi connectivity index (χ0v) is 14.8. The summed E-state index contributed by atoms with van der Waals surface area (Å²) in [6.45, 7) is 5.48. The molecule has 1 aromatic heterocycles. The first-order valence-electron chi connectivity index (χ1n) is 8.90. The molecule has 6 heteroatoms. The van der Waals surface area contributed by atoms with Gasteiger partial charge >= 0.3 is 6.09 Å². The third-order valence-corrected chi connectivity index (χ3v) is 5.43. The third-order valence-electron chi connectivity index (χ3n) is 5.43. The summed E-state index contributed by atoms with van der Waals surface area (Å²) >= 11 is 0. The standard InChI is InChI=1S/C20H21N3O3/c1-2-20-13-22(9-10-23(20)19(24)25-14-20)12-16-7-8-18(26-16)17-6-4-3-5-15(17)11-21/h3-8H,2,9-10,12-14H2,1H3. The van der Waals surface area contributed by atoms with Crippen LogP contribution in [-0.4, -0.2) is 47.7 Å². The van der Waals surface area contributed by atoms with Crippen molar-refractivity contribution in [3.8, 4) is 17.4 Å². The Morgan fingerprint density at radius 3 is 2.88 bits per heavy atom. The first-order valence-corrected chi connectivity index (χ1v) is 8.90. The molecule has 6 nitrogen and oxygen atoms in total. The summed E-state index contributed by atoms with van der Waals surface area (Å²) in [6, 6.07) is 13.5. The first kappa shape index (κ1) is 16.7. The Labute approximate surface area is 152 Å². The second-order valence-corrected chi connectivity index (χ2v) is 6.92. The molecule has 2 aliphatic heterocycles. The van der Waals surface area contributed by atoms with E-state index in [0.29, 0.717) is 31.0 Å². The van der Waals surface area contributed by atoms with Crippen molar-refractivity contribution in [3.05, 3.63) is 47.7 Å². The number of rotatable bonds is 4. The molecule has 2 aromatic rings. The molecule has 2 fully saturated rings. The van der Waals surface area contributed by atoms with Gasteiger partial charge in [-0.2, -0.15) is 5.26 Å². The molecule has 1 aromatic carbocycles. The molecular weight excluding hydrogens is 330 g/mol. The Kier molecular flexibility index (Phi) is 4.17. The fraction of sp³-hybridized carbons (Fsp3) is 0.400. The van der Waals surface area contributed by atoms with Gasteiger partial charge in [0.1, 0.15) is 18.1 Å². The van der Waals surface area contributed by atoms with Crippen molar-refractivity contribution in [1.82, 2.24) is 9.80 Å². The van der Waals surface area contributed by atoms with E-state index in [1.54, 1.807) is 6.07 Å². The van der Waals surface area contributed by atoms with Crippen LogP contribution in [0.4, 0.5) is 4.79 Å². The topological polar surface area (TPSA) is 69.7 Å². The second kappa shape index (κ2) is 6.50. The molecule has 0 spiro atoms. The van der Waals surface area contributed by atoms with Crippen LogP contribution in [0.1, 0.15) is 24.7 Å². The highest BCUT2D eigenvalue weighted by molar-refractivity contribution is 5.71. The fourth-order valence-electron chi connectivity index (χ4n) is 3.90. The van der Waals surface area contributed by atoms with E-state index in [-0.39, 0.29) is 11.6 Å². The summed E-state index contributed by atoms with van der Waals surface area (Å²) in [6.07, 6.45) is 0.675. The minimum absolute atomic E-state index is 0.195. The normalized spacial score (nSPS) is 22.8. The highest BCUT2D eigenvalue weighted by atomic mass is 16.6. The van der Waals surface area contributed by atoms with Gasteiger partial charge in [-0.25, -0.2) is 4.79 Å². The zero-order valence-electron chi connectivity index (χ0n) is 14.8. The van der Waals surface area contributed by atoms with Gasteiger partial charge in [0.2, 0.25) is 0 Å². The van der Waals surface area contributed by atoms with Crippen LogP contribution >= 0.6 is 0 Å². The molecule has 1 unspecified atom stereocenters. The summed E-state index contributed by atoms with van der Waals surface area (Å²) in [5, 5.41) is 9.27. The smallest absolute Gasteiger partial charge is 0.410 e. The lowest BCUT2D eigenvalue weighted by molar-refractivity contribution is 0.0417. The van der Waals surface area contributed by atoms with Crippen LogP contribution in [0.15, 0.2) is 40.8 Å². The summed E-state index contributed by atoms with van der Waals surface area (Å²) in [7, 11) is 0. The minimum atomic E-state index is -0.224. The predicted octanol–water partition coefficient (Wildman–Crippen LogP) is 3.23. The zero-order chi connectivity index (χ0) is 18.1. The van der Waals surface area contributed by atoms with Crippen LogP contribution in [0.2, 0.25) is 0 Å². The Balaban J connectivity index is 1.50. The highest BCUT2D eigenvalue weighted by Crippen LogP contribution is 2.33. The van der Waals surface area contributed by atoms with Crippen molar-refractivity contribution >= 4 is 6.09 Å². The molecule has 0 saturated carbocycles. The molecule has 0 bridgehead atoms. The number of carbonyl (C=O) groups is 1. The van der Waals surface area contributed by atoms with Crippen molar-refractivity contribution in [2.45, 2.75) is 25.4 Å². The van der Waals surface area contributed by atoms with Gasteiger partial charge in [0, 0.05) is 25.2 Å². The van der Waals surface area contributed by atoms with E-state index >= 15 is 0 Å². The van der Waals surface area contributed by atoms with Crippen molar-refractivity contribution in [1.29, 1.82) is 5.26 Å². The lowest BCUT2D eigenvalue weighted by Gasteiger charge is -2.44. The van der Waals surface area contributed by atoms with E-state index in [1.165, 1.54) is 0 Å².